The molecule has 2 aromatic rings. The highest BCUT2D eigenvalue weighted by atomic mass is 19.1. The number of likely N-dealkylation sites (tertiary alicyclic amines) is 1. The van der Waals surface area contributed by atoms with E-state index in [1.807, 2.05) is 12.1 Å². The summed E-state index contributed by atoms with van der Waals surface area (Å²) in [4.78, 5) is 14.3. The van der Waals surface area contributed by atoms with Gasteiger partial charge in [0.05, 0.1) is 13.2 Å². The van der Waals surface area contributed by atoms with Gasteiger partial charge in [0.15, 0.2) is 0 Å². The van der Waals surface area contributed by atoms with E-state index in [9.17, 15) is 14.3 Å². The van der Waals surface area contributed by atoms with Crippen LogP contribution in [0.5, 0.6) is 5.75 Å². The van der Waals surface area contributed by atoms with Gasteiger partial charge in [-0.15, -0.1) is 0 Å². The van der Waals surface area contributed by atoms with Crippen LogP contribution in [0, 0.1) is 5.82 Å². The zero-order chi connectivity index (χ0) is 18.6. The largest absolute Gasteiger partial charge is 0.491 e. The number of aliphatic hydroxyl groups is 1. The Morgan fingerprint density at radius 1 is 1.27 bits per heavy atom. The zero-order valence-electron chi connectivity index (χ0n) is 14.7. The quantitative estimate of drug-likeness (QED) is 0.861. The maximum atomic E-state index is 12.9. The number of carbonyl (C=O) groups excluding carboxylic acids is 1. The SMILES string of the molecule is COCc1cccc(C(=O)N2CC[C@](O)(COc3ccc(F)cc3)C2)c1. The average Bonchev–Trinajstić information content (AvgIpc) is 3.04. The molecule has 1 N–H and O–H groups in total. The number of halogens is 1. The predicted octanol–water partition coefficient (Wildman–Crippen LogP) is 2.63. The molecule has 138 valence electrons. The van der Waals surface area contributed by atoms with E-state index in [1.54, 1.807) is 24.1 Å². The number of methoxy groups -OCH3 is 1. The lowest BCUT2D eigenvalue weighted by molar-refractivity contribution is 0.00429. The Morgan fingerprint density at radius 2 is 2.04 bits per heavy atom. The van der Waals surface area contributed by atoms with Crippen molar-refractivity contribution >= 4 is 5.91 Å². The Labute approximate surface area is 152 Å². The van der Waals surface area contributed by atoms with Crippen LogP contribution in [0.25, 0.3) is 0 Å². The third-order valence-electron chi connectivity index (χ3n) is 4.43. The summed E-state index contributed by atoms with van der Waals surface area (Å²) in [5.41, 5.74) is 0.379. The fourth-order valence-electron chi connectivity index (χ4n) is 3.04. The van der Waals surface area contributed by atoms with Crippen LogP contribution in [0.1, 0.15) is 22.3 Å². The van der Waals surface area contributed by atoms with Gasteiger partial charge in [-0.25, -0.2) is 4.39 Å². The van der Waals surface area contributed by atoms with Crippen molar-refractivity contribution < 1.29 is 23.8 Å². The second-order valence-electron chi connectivity index (χ2n) is 6.58. The van der Waals surface area contributed by atoms with Crippen LogP contribution in [0.4, 0.5) is 4.39 Å². The molecule has 0 aliphatic carbocycles. The molecule has 0 spiro atoms. The zero-order valence-corrected chi connectivity index (χ0v) is 14.7. The Bertz CT molecular complexity index is 765. The predicted molar refractivity (Wildman–Crippen MR) is 94.5 cm³/mol. The van der Waals surface area contributed by atoms with Gasteiger partial charge in [0.25, 0.3) is 5.91 Å². The molecule has 1 amide bonds. The molecule has 1 aliphatic heterocycles. The molecule has 1 atom stereocenters. The highest BCUT2D eigenvalue weighted by molar-refractivity contribution is 5.94. The Morgan fingerprint density at radius 3 is 2.77 bits per heavy atom. The van der Waals surface area contributed by atoms with Crippen LogP contribution >= 0.6 is 0 Å². The molecule has 0 radical (unpaired) electrons. The van der Waals surface area contributed by atoms with Crippen LogP contribution in [-0.4, -0.2) is 48.3 Å². The Kier molecular flexibility index (Phi) is 5.54. The fourth-order valence-corrected chi connectivity index (χ4v) is 3.04. The number of β-amino-alcohol motifs (C(OH)–C–C–N with tert-alkyl or cyclic N) is 1. The van der Waals surface area contributed by atoms with E-state index in [-0.39, 0.29) is 24.9 Å². The third kappa shape index (κ3) is 4.39. The third-order valence-corrected chi connectivity index (χ3v) is 4.43. The minimum atomic E-state index is -1.12. The molecule has 26 heavy (non-hydrogen) atoms. The molecule has 0 unspecified atom stereocenters. The maximum Gasteiger partial charge on any atom is 0.253 e. The minimum Gasteiger partial charge on any atom is -0.491 e. The summed E-state index contributed by atoms with van der Waals surface area (Å²) in [7, 11) is 1.61. The maximum absolute atomic E-state index is 12.9. The van der Waals surface area contributed by atoms with E-state index in [0.717, 1.165) is 5.56 Å². The van der Waals surface area contributed by atoms with Gasteiger partial charge in [-0.05, 0) is 48.4 Å². The number of rotatable bonds is 6. The molecule has 1 saturated heterocycles. The van der Waals surface area contributed by atoms with E-state index < -0.39 is 5.60 Å². The topological polar surface area (TPSA) is 59.0 Å². The van der Waals surface area contributed by atoms with Gasteiger partial charge in [-0.2, -0.15) is 0 Å². The van der Waals surface area contributed by atoms with Gasteiger partial charge in [-0.3, -0.25) is 4.79 Å². The molecule has 0 saturated carbocycles. The number of amides is 1. The normalized spacial score (nSPS) is 19.6. The van der Waals surface area contributed by atoms with E-state index in [4.69, 9.17) is 9.47 Å². The van der Waals surface area contributed by atoms with Gasteiger partial charge in [0.1, 0.15) is 23.8 Å². The molecule has 6 heteroatoms. The van der Waals surface area contributed by atoms with Crippen molar-refractivity contribution in [3.05, 3.63) is 65.5 Å². The molecule has 0 aromatic heterocycles. The van der Waals surface area contributed by atoms with Gasteiger partial charge >= 0.3 is 0 Å². The van der Waals surface area contributed by atoms with E-state index in [2.05, 4.69) is 0 Å². The van der Waals surface area contributed by atoms with Crippen LogP contribution in [0.2, 0.25) is 0 Å². The second kappa shape index (κ2) is 7.85. The summed E-state index contributed by atoms with van der Waals surface area (Å²) in [6.07, 6.45) is 0.428. The Balaban J connectivity index is 1.60. The van der Waals surface area contributed by atoms with Crippen molar-refractivity contribution in [2.45, 2.75) is 18.6 Å². The lowest BCUT2D eigenvalue weighted by Crippen LogP contribution is -2.40. The van der Waals surface area contributed by atoms with Crippen molar-refractivity contribution in [3.63, 3.8) is 0 Å². The number of nitrogens with zero attached hydrogens (tertiary/aromatic N) is 1. The molecule has 1 aliphatic rings. The molecule has 1 fully saturated rings. The van der Waals surface area contributed by atoms with Gasteiger partial charge in [0.2, 0.25) is 0 Å². The smallest absolute Gasteiger partial charge is 0.253 e. The van der Waals surface area contributed by atoms with Crippen LogP contribution in [0.15, 0.2) is 48.5 Å². The summed E-state index contributed by atoms with van der Waals surface area (Å²) >= 11 is 0. The van der Waals surface area contributed by atoms with Gasteiger partial charge < -0.3 is 19.5 Å². The monoisotopic (exact) mass is 359 g/mol. The minimum absolute atomic E-state index is 0.0477. The number of hydrogen-bond donors (Lipinski definition) is 1. The van der Waals surface area contributed by atoms with Crippen molar-refractivity contribution in [2.24, 2.45) is 0 Å². The van der Waals surface area contributed by atoms with Crippen LogP contribution < -0.4 is 4.74 Å². The van der Waals surface area contributed by atoms with Crippen LogP contribution in [0.3, 0.4) is 0 Å². The molecular weight excluding hydrogens is 337 g/mol. The summed E-state index contributed by atoms with van der Waals surface area (Å²) in [5.74, 6) is 0.0157. The van der Waals surface area contributed by atoms with Gasteiger partial charge in [-0.1, -0.05) is 12.1 Å². The molecule has 2 aromatic carbocycles. The molecule has 3 rings (SSSR count). The first-order valence-corrected chi connectivity index (χ1v) is 8.47. The number of carbonyl (C=O) groups is 1. The highest BCUT2D eigenvalue weighted by Gasteiger charge is 2.39. The van der Waals surface area contributed by atoms with E-state index in [0.29, 0.717) is 30.9 Å². The van der Waals surface area contributed by atoms with Crippen molar-refractivity contribution in [3.8, 4) is 5.75 Å². The number of ether oxygens (including phenoxy) is 2. The fraction of sp³-hybridized carbons (Fsp3) is 0.350. The number of hydrogen-bond acceptors (Lipinski definition) is 4. The average molecular weight is 359 g/mol. The standard InChI is InChI=1S/C20H22FNO4/c1-25-12-15-3-2-4-16(11-15)19(23)22-10-9-20(24,13-22)14-26-18-7-5-17(21)6-8-18/h2-8,11,24H,9-10,12-14H2,1H3/t20-/m1/s1. The van der Waals surface area contributed by atoms with Crippen molar-refractivity contribution in [1.82, 2.24) is 4.90 Å². The first-order valence-electron chi connectivity index (χ1n) is 8.47. The summed E-state index contributed by atoms with van der Waals surface area (Å²) < 4.78 is 23.6. The number of benzene rings is 2. The summed E-state index contributed by atoms with van der Waals surface area (Å²) in [6, 6.07) is 12.9. The molecule has 5 nitrogen and oxygen atoms in total. The Hall–Kier alpha value is -2.44. The van der Waals surface area contributed by atoms with Crippen molar-refractivity contribution in [2.75, 3.05) is 26.8 Å². The summed E-state index contributed by atoms with van der Waals surface area (Å²) in [5, 5.41) is 10.7. The second-order valence-corrected chi connectivity index (χ2v) is 6.58. The van der Waals surface area contributed by atoms with E-state index in [1.165, 1.54) is 24.3 Å². The highest BCUT2D eigenvalue weighted by Crippen LogP contribution is 2.25. The molecule has 1 heterocycles. The van der Waals surface area contributed by atoms with Gasteiger partial charge in [0, 0.05) is 19.2 Å². The first-order chi connectivity index (χ1) is 12.5. The molecule has 0 bridgehead atoms. The van der Waals surface area contributed by atoms with Crippen molar-refractivity contribution in [1.29, 1.82) is 0 Å². The molecular formula is C20H22FNO4. The lowest BCUT2D eigenvalue weighted by Gasteiger charge is -2.23. The lowest BCUT2D eigenvalue weighted by atomic mass is 10.1. The summed E-state index contributed by atoms with van der Waals surface area (Å²) in [6.45, 7) is 1.14. The first kappa shape index (κ1) is 18.4. The van der Waals surface area contributed by atoms with E-state index >= 15 is 0 Å². The van der Waals surface area contributed by atoms with Crippen LogP contribution in [-0.2, 0) is 11.3 Å².